The van der Waals surface area contributed by atoms with Crippen molar-refractivity contribution in [1.82, 2.24) is 0 Å². The van der Waals surface area contributed by atoms with Crippen LogP contribution in [0.25, 0.3) is 0 Å². The molecule has 106 valence electrons. The number of rotatable bonds is 5. The largest absolute Gasteiger partial charge is 0.493 e. The number of hydrogen-bond acceptors (Lipinski definition) is 4. The molecule has 0 saturated carbocycles. The van der Waals surface area contributed by atoms with E-state index in [9.17, 15) is 0 Å². The average molecular weight is 281 g/mol. The Morgan fingerprint density at radius 3 is 2.89 bits per heavy atom. The number of ether oxygens (including phenoxy) is 2. The molecule has 1 heterocycles. The van der Waals surface area contributed by atoms with Crippen LogP contribution in [0.5, 0.6) is 11.5 Å². The van der Waals surface area contributed by atoms with Crippen molar-refractivity contribution in [2.24, 2.45) is 0 Å². The highest BCUT2D eigenvalue weighted by atomic mass is 32.2. The van der Waals surface area contributed by atoms with Gasteiger partial charge in [0, 0.05) is 23.0 Å². The van der Waals surface area contributed by atoms with Crippen LogP contribution in [0.2, 0.25) is 0 Å². The predicted octanol–water partition coefficient (Wildman–Crippen LogP) is 3.79. The van der Waals surface area contributed by atoms with Crippen LogP contribution in [0.4, 0.5) is 5.69 Å². The van der Waals surface area contributed by atoms with E-state index in [2.05, 4.69) is 18.3 Å². The molecule has 1 N–H and O–H groups in total. The van der Waals surface area contributed by atoms with Gasteiger partial charge in [-0.05, 0) is 37.7 Å². The second kappa shape index (κ2) is 6.94. The summed E-state index contributed by atoms with van der Waals surface area (Å²) in [7, 11) is 1.68. The van der Waals surface area contributed by atoms with Gasteiger partial charge in [-0.1, -0.05) is 6.92 Å². The van der Waals surface area contributed by atoms with Gasteiger partial charge in [0.15, 0.2) is 11.5 Å². The summed E-state index contributed by atoms with van der Waals surface area (Å²) in [5, 5.41) is 4.28. The van der Waals surface area contributed by atoms with Crippen LogP contribution in [0.1, 0.15) is 26.7 Å². The minimum absolute atomic E-state index is 0.543. The average Bonchev–Trinajstić information content (AvgIpc) is 2.43. The summed E-state index contributed by atoms with van der Waals surface area (Å²) in [6.45, 7) is 4.93. The lowest BCUT2D eigenvalue weighted by molar-refractivity contribution is 0.311. The Hall–Kier alpha value is -1.03. The molecule has 1 fully saturated rings. The molecule has 0 aromatic heterocycles. The van der Waals surface area contributed by atoms with E-state index in [0.29, 0.717) is 17.9 Å². The summed E-state index contributed by atoms with van der Waals surface area (Å²) in [6, 6.07) is 6.61. The summed E-state index contributed by atoms with van der Waals surface area (Å²) < 4.78 is 10.9. The normalized spacial score (nSPS) is 22.9. The number of nitrogens with one attached hydrogen (secondary N) is 1. The van der Waals surface area contributed by atoms with Crippen LogP contribution >= 0.6 is 11.8 Å². The third-order valence-corrected chi connectivity index (χ3v) is 4.80. The molecular weight excluding hydrogens is 258 g/mol. The number of benzene rings is 1. The fourth-order valence-electron chi connectivity index (χ4n) is 2.36. The smallest absolute Gasteiger partial charge is 0.162 e. The van der Waals surface area contributed by atoms with Crippen LogP contribution in [0.3, 0.4) is 0 Å². The highest BCUT2D eigenvalue weighted by Crippen LogP contribution is 2.32. The van der Waals surface area contributed by atoms with Crippen molar-refractivity contribution in [3.63, 3.8) is 0 Å². The van der Waals surface area contributed by atoms with Gasteiger partial charge in [-0.15, -0.1) is 0 Å². The van der Waals surface area contributed by atoms with Crippen LogP contribution in [0, 0.1) is 0 Å². The maximum absolute atomic E-state index is 5.54. The van der Waals surface area contributed by atoms with Crippen molar-refractivity contribution in [3.8, 4) is 11.5 Å². The highest BCUT2D eigenvalue weighted by molar-refractivity contribution is 8.00. The van der Waals surface area contributed by atoms with Gasteiger partial charge >= 0.3 is 0 Å². The van der Waals surface area contributed by atoms with Gasteiger partial charge in [-0.25, -0.2) is 0 Å². The molecule has 19 heavy (non-hydrogen) atoms. The van der Waals surface area contributed by atoms with Crippen molar-refractivity contribution >= 4 is 17.4 Å². The topological polar surface area (TPSA) is 30.5 Å². The molecule has 1 aliphatic heterocycles. The maximum atomic E-state index is 5.54. The second-order valence-electron chi connectivity index (χ2n) is 4.77. The number of thioether (sulfide) groups is 1. The zero-order valence-electron chi connectivity index (χ0n) is 11.9. The number of anilines is 1. The van der Waals surface area contributed by atoms with E-state index in [1.807, 2.05) is 30.8 Å². The molecule has 0 radical (unpaired) electrons. The molecule has 1 aromatic carbocycles. The summed E-state index contributed by atoms with van der Waals surface area (Å²) in [6.07, 6.45) is 2.53. The zero-order valence-corrected chi connectivity index (χ0v) is 12.8. The van der Waals surface area contributed by atoms with Gasteiger partial charge in [0.2, 0.25) is 0 Å². The third-order valence-electron chi connectivity index (χ3n) is 3.42. The van der Waals surface area contributed by atoms with Gasteiger partial charge in [0.1, 0.15) is 0 Å². The van der Waals surface area contributed by atoms with Crippen molar-refractivity contribution in [1.29, 1.82) is 0 Å². The molecule has 1 saturated heterocycles. The molecule has 2 rings (SSSR count). The van der Waals surface area contributed by atoms with E-state index < -0.39 is 0 Å². The summed E-state index contributed by atoms with van der Waals surface area (Å²) >= 11 is 2.05. The van der Waals surface area contributed by atoms with Gasteiger partial charge in [-0.2, -0.15) is 11.8 Å². The van der Waals surface area contributed by atoms with E-state index in [-0.39, 0.29) is 0 Å². The standard InChI is InChI=1S/C15H23NO2S/c1-4-18-14-8-7-12(10-15(14)17-3)16-13-6-5-9-19-11(13)2/h7-8,10-11,13,16H,4-6,9H2,1-3H3. The first-order valence-corrected chi connectivity index (χ1v) is 7.98. The van der Waals surface area contributed by atoms with E-state index in [1.54, 1.807) is 7.11 Å². The summed E-state index contributed by atoms with van der Waals surface area (Å²) in [4.78, 5) is 0. The van der Waals surface area contributed by atoms with Crippen LogP contribution in [-0.4, -0.2) is 30.8 Å². The Balaban J connectivity index is 2.07. The van der Waals surface area contributed by atoms with Crippen molar-refractivity contribution < 1.29 is 9.47 Å². The lowest BCUT2D eigenvalue weighted by Gasteiger charge is -2.30. The first-order chi connectivity index (χ1) is 9.24. The molecule has 1 aromatic rings. The van der Waals surface area contributed by atoms with Crippen molar-refractivity contribution in [2.45, 2.75) is 38.0 Å². The molecule has 0 aliphatic carbocycles. The fraction of sp³-hybridized carbons (Fsp3) is 0.600. The molecule has 1 aliphatic rings. The minimum atomic E-state index is 0.543. The number of methoxy groups -OCH3 is 1. The third kappa shape index (κ3) is 3.72. The lowest BCUT2D eigenvalue weighted by atomic mass is 10.1. The van der Waals surface area contributed by atoms with Crippen molar-refractivity contribution in [3.05, 3.63) is 18.2 Å². The van der Waals surface area contributed by atoms with Crippen molar-refractivity contribution in [2.75, 3.05) is 24.8 Å². The Labute approximate surface area is 120 Å². The molecule has 3 nitrogen and oxygen atoms in total. The van der Waals surface area contributed by atoms with Gasteiger partial charge in [-0.3, -0.25) is 0 Å². The van der Waals surface area contributed by atoms with Gasteiger partial charge < -0.3 is 14.8 Å². The predicted molar refractivity (Wildman–Crippen MR) is 82.7 cm³/mol. The van der Waals surface area contributed by atoms with E-state index in [1.165, 1.54) is 18.6 Å². The Morgan fingerprint density at radius 2 is 2.21 bits per heavy atom. The maximum Gasteiger partial charge on any atom is 0.162 e. The molecule has 0 spiro atoms. The summed E-state index contributed by atoms with van der Waals surface area (Å²) in [5.74, 6) is 2.89. The van der Waals surface area contributed by atoms with Crippen LogP contribution in [0.15, 0.2) is 18.2 Å². The first-order valence-electron chi connectivity index (χ1n) is 6.93. The molecule has 2 unspecified atom stereocenters. The van der Waals surface area contributed by atoms with E-state index >= 15 is 0 Å². The van der Waals surface area contributed by atoms with Crippen LogP contribution in [-0.2, 0) is 0 Å². The Kier molecular flexibility index (Phi) is 5.25. The molecular formula is C15H23NO2S. The number of hydrogen-bond donors (Lipinski definition) is 1. The van der Waals surface area contributed by atoms with E-state index in [0.717, 1.165) is 17.2 Å². The molecule has 0 amide bonds. The first kappa shape index (κ1) is 14.4. The fourth-order valence-corrected chi connectivity index (χ4v) is 3.50. The monoisotopic (exact) mass is 281 g/mol. The summed E-state index contributed by atoms with van der Waals surface area (Å²) in [5.41, 5.74) is 1.11. The van der Waals surface area contributed by atoms with E-state index in [4.69, 9.17) is 9.47 Å². The zero-order chi connectivity index (χ0) is 13.7. The second-order valence-corrected chi connectivity index (χ2v) is 6.25. The lowest BCUT2D eigenvalue weighted by Crippen LogP contribution is -2.32. The minimum Gasteiger partial charge on any atom is -0.493 e. The Morgan fingerprint density at radius 1 is 1.37 bits per heavy atom. The quantitative estimate of drug-likeness (QED) is 0.889. The molecule has 4 heteroatoms. The highest BCUT2D eigenvalue weighted by Gasteiger charge is 2.21. The SMILES string of the molecule is CCOc1ccc(NC2CCCSC2C)cc1OC. The molecule has 2 atom stereocenters. The van der Waals surface area contributed by atoms with Gasteiger partial charge in [0.05, 0.1) is 13.7 Å². The van der Waals surface area contributed by atoms with Crippen LogP contribution < -0.4 is 14.8 Å². The Bertz CT molecular complexity index is 411. The van der Waals surface area contributed by atoms with Gasteiger partial charge in [0.25, 0.3) is 0 Å². The molecule has 0 bridgehead atoms.